The molecule has 158 valence electrons. The number of para-hydroxylation sites is 1. The zero-order chi connectivity index (χ0) is 21.7. The summed E-state index contributed by atoms with van der Waals surface area (Å²) in [6, 6.07) is 13.5. The van der Waals surface area contributed by atoms with Crippen LogP contribution in [0.5, 0.6) is 11.5 Å². The van der Waals surface area contributed by atoms with Crippen molar-refractivity contribution in [2.75, 3.05) is 20.8 Å². The number of nitrogens with one attached hydrogen (secondary N) is 1. The molecule has 2 aromatic carbocycles. The number of fused-ring (bicyclic) bond motifs is 4. The van der Waals surface area contributed by atoms with Gasteiger partial charge in [0.1, 0.15) is 6.04 Å². The molecule has 1 fully saturated rings. The van der Waals surface area contributed by atoms with Crippen LogP contribution in [0, 0.1) is 0 Å². The van der Waals surface area contributed by atoms with Gasteiger partial charge in [0.2, 0.25) is 0 Å². The summed E-state index contributed by atoms with van der Waals surface area (Å²) in [6.07, 6.45) is 2.32. The Balaban J connectivity index is 1.73. The normalized spacial score (nSPS) is 20.1. The van der Waals surface area contributed by atoms with Gasteiger partial charge in [-0.1, -0.05) is 30.3 Å². The Labute approximate surface area is 186 Å². The molecule has 1 aromatic heterocycles. The molecular formula is C24H23N3O3S. The van der Waals surface area contributed by atoms with Crippen molar-refractivity contribution >= 4 is 34.1 Å². The molecule has 0 bridgehead atoms. The number of H-pyrrole nitrogens is 1. The molecule has 0 aliphatic carbocycles. The van der Waals surface area contributed by atoms with Gasteiger partial charge in [0.25, 0.3) is 5.91 Å². The zero-order valence-electron chi connectivity index (χ0n) is 17.4. The Kier molecular flexibility index (Phi) is 4.70. The number of carbonyl (C=O) groups excluding carboxylic acids is 1. The summed E-state index contributed by atoms with van der Waals surface area (Å²) >= 11 is 5.79. The first-order valence-electron chi connectivity index (χ1n) is 10.1. The quantitative estimate of drug-likeness (QED) is 0.490. The Bertz CT molecular complexity index is 1220. The van der Waals surface area contributed by atoms with E-state index in [0.29, 0.717) is 29.6 Å². The molecule has 2 aliphatic heterocycles. The topological polar surface area (TPSA) is 57.8 Å². The fraction of sp³-hybridized carbons (Fsp3) is 0.250. The van der Waals surface area contributed by atoms with Crippen molar-refractivity contribution in [1.29, 1.82) is 0 Å². The maximum absolute atomic E-state index is 13.3. The van der Waals surface area contributed by atoms with Crippen LogP contribution in [-0.4, -0.2) is 52.6 Å². The number of thiocarbonyl (C=S) groups is 1. The van der Waals surface area contributed by atoms with Gasteiger partial charge in [0, 0.05) is 29.6 Å². The summed E-state index contributed by atoms with van der Waals surface area (Å²) in [5.41, 5.74) is 4.25. The molecule has 5 rings (SSSR count). The molecule has 6 nitrogen and oxygen atoms in total. The summed E-state index contributed by atoms with van der Waals surface area (Å²) < 4.78 is 11.0. The standard InChI is InChI=1S/C24H23N3O3S/c1-4-11-26-23(28)18-13-16-15-7-5-6-8-17(15)25-21(16)22(27(18)24(26)31)14-9-10-19(29-2)20(12-14)30-3/h4-10,12,18,22,25H,1,11,13H2,2-3H3/t18-,22-/m0/s1. The van der Waals surface area contributed by atoms with Gasteiger partial charge in [-0.15, -0.1) is 6.58 Å². The largest absolute Gasteiger partial charge is 0.493 e. The van der Waals surface area contributed by atoms with Crippen molar-refractivity contribution in [2.24, 2.45) is 0 Å². The molecule has 2 atom stereocenters. The van der Waals surface area contributed by atoms with Crippen molar-refractivity contribution in [3.8, 4) is 11.5 Å². The number of hydrogen-bond donors (Lipinski definition) is 1. The van der Waals surface area contributed by atoms with E-state index in [1.165, 1.54) is 0 Å². The highest BCUT2D eigenvalue weighted by Crippen LogP contribution is 2.45. The van der Waals surface area contributed by atoms with Crippen molar-refractivity contribution in [3.63, 3.8) is 0 Å². The second-order valence-electron chi connectivity index (χ2n) is 7.73. The minimum absolute atomic E-state index is 0.0197. The fourth-order valence-electron chi connectivity index (χ4n) is 4.80. The molecule has 3 heterocycles. The third-order valence-electron chi connectivity index (χ3n) is 6.17. The first kappa shape index (κ1) is 19.6. The van der Waals surface area contributed by atoms with E-state index in [0.717, 1.165) is 27.7 Å². The van der Waals surface area contributed by atoms with E-state index >= 15 is 0 Å². The fourth-order valence-corrected chi connectivity index (χ4v) is 5.19. The van der Waals surface area contributed by atoms with Gasteiger partial charge < -0.3 is 19.4 Å². The van der Waals surface area contributed by atoms with Crippen molar-refractivity contribution in [3.05, 3.63) is 71.9 Å². The molecule has 2 aliphatic rings. The van der Waals surface area contributed by atoms with Gasteiger partial charge in [-0.2, -0.15) is 0 Å². The van der Waals surface area contributed by atoms with Crippen molar-refractivity contribution < 1.29 is 14.3 Å². The van der Waals surface area contributed by atoms with Crippen LogP contribution in [0.4, 0.5) is 0 Å². The second kappa shape index (κ2) is 7.42. The SMILES string of the molecule is C=CCN1C(=O)[C@@H]2Cc3c([nH]c4ccccc34)[C@H](c3ccc(OC)c(OC)c3)N2C1=S. The number of aromatic nitrogens is 1. The lowest BCUT2D eigenvalue weighted by Gasteiger charge is -2.37. The molecule has 0 unspecified atom stereocenters. The van der Waals surface area contributed by atoms with Crippen LogP contribution in [-0.2, 0) is 11.2 Å². The Morgan fingerprint density at radius 1 is 1.19 bits per heavy atom. The van der Waals surface area contributed by atoms with Crippen molar-refractivity contribution in [1.82, 2.24) is 14.8 Å². The van der Waals surface area contributed by atoms with Crippen LogP contribution < -0.4 is 9.47 Å². The Morgan fingerprint density at radius 2 is 1.97 bits per heavy atom. The van der Waals surface area contributed by atoms with Crippen molar-refractivity contribution in [2.45, 2.75) is 18.5 Å². The van der Waals surface area contributed by atoms with Crippen LogP contribution in [0.1, 0.15) is 22.9 Å². The minimum atomic E-state index is -0.350. The van der Waals surface area contributed by atoms with Gasteiger partial charge in [-0.3, -0.25) is 9.69 Å². The van der Waals surface area contributed by atoms with Gasteiger partial charge in [0.15, 0.2) is 16.6 Å². The first-order chi connectivity index (χ1) is 15.1. The molecule has 31 heavy (non-hydrogen) atoms. The zero-order valence-corrected chi connectivity index (χ0v) is 18.2. The molecule has 7 heteroatoms. The van der Waals surface area contributed by atoms with Gasteiger partial charge in [-0.25, -0.2) is 0 Å². The Morgan fingerprint density at radius 3 is 2.71 bits per heavy atom. The van der Waals surface area contributed by atoms with E-state index in [1.807, 2.05) is 30.3 Å². The predicted molar refractivity (Wildman–Crippen MR) is 124 cm³/mol. The monoisotopic (exact) mass is 433 g/mol. The summed E-state index contributed by atoms with van der Waals surface area (Å²) in [5.74, 6) is 1.31. The Hall–Kier alpha value is -3.32. The average Bonchev–Trinajstić information content (AvgIpc) is 3.28. The van der Waals surface area contributed by atoms with Crippen LogP contribution in [0.3, 0.4) is 0 Å². The minimum Gasteiger partial charge on any atom is -0.493 e. The summed E-state index contributed by atoms with van der Waals surface area (Å²) in [5, 5.41) is 1.67. The van der Waals surface area contributed by atoms with Crippen LogP contribution in [0.25, 0.3) is 10.9 Å². The lowest BCUT2D eigenvalue weighted by Crippen LogP contribution is -2.44. The predicted octanol–water partition coefficient (Wildman–Crippen LogP) is 3.81. The second-order valence-corrected chi connectivity index (χ2v) is 8.09. The third kappa shape index (κ3) is 2.84. The molecule has 0 saturated carbocycles. The van der Waals surface area contributed by atoms with Crippen LogP contribution in [0.15, 0.2) is 55.1 Å². The first-order valence-corrected chi connectivity index (χ1v) is 10.6. The summed E-state index contributed by atoms with van der Waals surface area (Å²) in [4.78, 5) is 20.6. The maximum atomic E-state index is 13.3. The lowest BCUT2D eigenvalue weighted by atomic mass is 9.89. The smallest absolute Gasteiger partial charge is 0.252 e. The molecule has 1 amide bonds. The van der Waals surface area contributed by atoms with E-state index in [2.05, 4.69) is 28.6 Å². The van der Waals surface area contributed by atoms with Crippen LogP contribution in [0.2, 0.25) is 0 Å². The molecule has 0 radical (unpaired) electrons. The van der Waals surface area contributed by atoms with E-state index in [9.17, 15) is 4.79 Å². The number of hydrogen-bond acceptors (Lipinski definition) is 4. The number of aromatic amines is 1. The highest BCUT2D eigenvalue weighted by molar-refractivity contribution is 7.80. The lowest BCUT2D eigenvalue weighted by molar-refractivity contribution is -0.128. The number of carbonyl (C=O) groups is 1. The highest BCUT2D eigenvalue weighted by atomic mass is 32.1. The van der Waals surface area contributed by atoms with E-state index < -0.39 is 0 Å². The van der Waals surface area contributed by atoms with E-state index in [1.54, 1.807) is 25.2 Å². The summed E-state index contributed by atoms with van der Waals surface area (Å²) in [7, 11) is 3.24. The average molecular weight is 434 g/mol. The maximum Gasteiger partial charge on any atom is 0.252 e. The number of nitrogens with zero attached hydrogens (tertiary/aromatic N) is 2. The van der Waals surface area contributed by atoms with Gasteiger partial charge in [-0.05, 0) is 41.5 Å². The number of benzene rings is 2. The molecule has 0 spiro atoms. The van der Waals surface area contributed by atoms with E-state index in [4.69, 9.17) is 21.7 Å². The number of amides is 1. The van der Waals surface area contributed by atoms with Gasteiger partial charge >= 0.3 is 0 Å². The number of rotatable bonds is 5. The summed E-state index contributed by atoms with van der Waals surface area (Å²) in [6.45, 7) is 4.19. The van der Waals surface area contributed by atoms with Crippen LogP contribution >= 0.6 is 12.2 Å². The number of ether oxygens (including phenoxy) is 2. The third-order valence-corrected chi connectivity index (χ3v) is 6.60. The van der Waals surface area contributed by atoms with Gasteiger partial charge in [0.05, 0.1) is 20.3 Å². The van der Waals surface area contributed by atoms with E-state index in [-0.39, 0.29) is 18.0 Å². The molecule has 1 saturated heterocycles. The molecule has 3 aromatic rings. The molecule has 1 N–H and O–H groups in total. The highest BCUT2D eigenvalue weighted by Gasteiger charge is 2.50. The molecular weight excluding hydrogens is 410 g/mol. The number of methoxy groups -OCH3 is 2.